The highest BCUT2D eigenvalue weighted by Gasteiger charge is 2.25. The maximum absolute atomic E-state index is 12.4. The summed E-state index contributed by atoms with van der Waals surface area (Å²) >= 11 is 5.95. The van der Waals surface area contributed by atoms with Gasteiger partial charge >= 0.3 is 0 Å². The van der Waals surface area contributed by atoms with Gasteiger partial charge in [0, 0.05) is 30.1 Å². The van der Waals surface area contributed by atoms with Gasteiger partial charge in [-0.3, -0.25) is 4.79 Å². The van der Waals surface area contributed by atoms with Crippen LogP contribution in [0.25, 0.3) is 0 Å². The molecule has 21 heavy (non-hydrogen) atoms. The molecule has 0 unspecified atom stereocenters. The van der Waals surface area contributed by atoms with Crippen LogP contribution in [0.2, 0.25) is 5.02 Å². The second-order valence-electron chi connectivity index (χ2n) is 5.37. The predicted octanol–water partition coefficient (Wildman–Crippen LogP) is 3.74. The monoisotopic (exact) mass is 304 g/mol. The Balaban J connectivity index is 1.77. The van der Waals surface area contributed by atoms with Crippen molar-refractivity contribution in [2.75, 3.05) is 13.1 Å². The standard InChI is InChI=1S/C16H17ClN2O2/c17-14-6-4-12(5-7-14)13-3-1-2-10-19(11-13)16(20)15-8-9-18-21-15/h4-9,13H,1-3,10-11H2/t13-/m1/s1. The molecule has 0 aliphatic carbocycles. The normalized spacial score (nSPS) is 19.3. The van der Waals surface area contributed by atoms with E-state index in [2.05, 4.69) is 17.3 Å². The Labute approximate surface area is 128 Å². The van der Waals surface area contributed by atoms with Gasteiger partial charge in [-0.15, -0.1) is 0 Å². The molecule has 1 fully saturated rings. The molecule has 2 heterocycles. The second-order valence-corrected chi connectivity index (χ2v) is 5.81. The molecule has 0 N–H and O–H groups in total. The molecule has 0 bridgehead atoms. The number of hydrogen-bond acceptors (Lipinski definition) is 3. The van der Waals surface area contributed by atoms with Gasteiger partial charge < -0.3 is 9.42 Å². The summed E-state index contributed by atoms with van der Waals surface area (Å²) in [5.41, 5.74) is 1.23. The van der Waals surface area contributed by atoms with Crippen molar-refractivity contribution < 1.29 is 9.32 Å². The van der Waals surface area contributed by atoms with Crippen molar-refractivity contribution in [1.82, 2.24) is 10.1 Å². The zero-order valence-electron chi connectivity index (χ0n) is 11.7. The Bertz CT molecular complexity index is 595. The molecule has 1 aliphatic rings. The average molecular weight is 305 g/mol. The number of carbonyl (C=O) groups excluding carboxylic acids is 1. The van der Waals surface area contributed by atoms with Gasteiger partial charge in [-0.25, -0.2) is 0 Å². The van der Waals surface area contributed by atoms with E-state index in [0.29, 0.717) is 18.2 Å². The lowest BCUT2D eigenvalue weighted by Gasteiger charge is -2.23. The Hall–Kier alpha value is -1.81. The molecule has 1 aliphatic heterocycles. The first kappa shape index (κ1) is 14.1. The van der Waals surface area contributed by atoms with E-state index in [0.717, 1.165) is 30.8 Å². The number of halogens is 1. The van der Waals surface area contributed by atoms with E-state index in [9.17, 15) is 4.79 Å². The summed E-state index contributed by atoms with van der Waals surface area (Å²) in [7, 11) is 0. The van der Waals surface area contributed by atoms with Crippen molar-refractivity contribution >= 4 is 17.5 Å². The van der Waals surface area contributed by atoms with Crippen molar-refractivity contribution in [3.05, 3.63) is 52.9 Å². The lowest BCUT2D eigenvalue weighted by Crippen LogP contribution is -2.33. The molecule has 3 rings (SSSR count). The molecular formula is C16H17ClN2O2. The molecule has 1 atom stereocenters. The topological polar surface area (TPSA) is 46.3 Å². The van der Waals surface area contributed by atoms with Gasteiger partial charge in [0.2, 0.25) is 5.76 Å². The van der Waals surface area contributed by atoms with Gasteiger partial charge in [0.05, 0.1) is 6.20 Å². The second kappa shape index (κ2) is 6.31. The number of hydrogen-bond donors (Lipinski definition) is 0. The van der Waals surface area contributed by atoms with Crippen LogP contribution < -0.4 is 0 Å². The van der Waals surface area contributed by atoms with Gasteiger partial charge in [-0.2, -0.15) is 0 Å². The maximum atomic E-state index is 12.4. The smallest absolute Gasteiger partial charge is 0.292 e. The zero-order valence-corrected chi connectivity index (χ0v) is 12.4. The van der Waals surface area contributed by atoms with Crippen LogP contribution in [0.3, 0.4) is 0 Å². The van der Waals surface area contributed by atoms with Crippen LogP contribution in [0.5, 0.6) is 0 Å². The summed E-state index contributed by atoms with van der Waals surface area (Å²) in [5.74, 6) is 0.580. The van der Waals surface area contributed by atoms with Crippen molar-refractivity contribution in [3.8, 4) is 0 Å². The molecule has 110 valence electrons. The SMILES string of the molecule is O=C(c1ccno1)N1CCCC[C@@H](c2ccc(Cl)cc2)C1. The van der Waals surface area contributed by atoms with Gasteiger partial charge in [-0.1, -0.05) is 35.3 Å². The van der Waals surface area contributed by atoms with E-state index in [1.807, 2.05) is 17.0 Å². The lowest BCUT2D eigenvalue weighted by molar-refractivity contribution is 0.0712. The summed E-state index contributed by atoms with van der Waals surface area (Å²) in [6.07, 6.45) is 4.72. The van der Waals surface area contributed by atoms with Crippen LogP contribution in [0, 0.1) is 0 Å². The summed E-state index contributed by atoms with van der Waals surface area (Å²) in [5, 5.41) is 4.35. The molecule has 1 aromatic heterocycles. The molecule has 0 radical (unpaired) electrons. The van der Waals surface area contributed by atoms with Crippen molar-refractivity contribution in [1.29, 1.82) is 0 Å². The van der Waals surface area contributed by atoms with E-state index in [-0.39, 0.29) is 5.91 Å². The first-order chi connectivity index (χ1) is 10.2. The van der Waals surface area contributed by atoms with Gasteiger partial charge in [0.25, 0.3) is 5.91 Å². The average Bonchev–Trinajstić information content (AvgIpc) is 2.92. The highest BCUT2D eigenvalue weighted by Crippen LogP contribution is 2.28. The molecule has 1 saturated heterocycles. The Morgan fingerprint density at radius 1 is 1.24 bits per heavy atom. The Morgan fingerprint density at radius 2 is 2.05 bits per heavy atom. The number of carbonyl (C=O) groups is 1. The third-order valence-electron chi connectivity index (χ3n) is 3.95. The molecule has 0 spiro atoms. The number of nitrogens with zero attached hydrogens (tertiary/aromatic N) is 2. The first-order valence-electron chi connectivity index (χ1n) is 7.19. The number of likely N-dealkylation sites (tertiary alicyclic amines) is 1. The minimum absolute atomic E-state index is 0.0756. The summed E-state index contributed by atoms with van der Waals surface area (Å²) in [4.78, 5) is 14.3. The summed E-state index contributed by atoms with van der Waals surface area (Å²) in [6, 6.07) is 9.53. The minimum Gasteiger partial charge on any atom is -0.351 e. The van der Waals surface area contributed by atoms with E-state index < -0.39 is 0 Å². The van der Waals surface area contributed by atoms with Crippen molar-refractivity contribution in [3.63, 3.8) is 0 Å². The fourth-order valence-corrected chi connectivity index (χ4v) is 2.94. The number of aromatic nitrogens is 1. The van der Waals surface area contributed by atoms with Crippen LogP contribution in [0.4, 0.5) is 0 Å². The fourth-order valence-electron chi connectivity index (χ4n) is 2.82. The van der Waals surface area contributed by atoms with Crippen LogP contribution in [0.15, 0.2) is 41.1 Å². The summed E-state index contributed by atoms with van der Waals surface area (Å²) < 4.78 is 4.99. The van der Waals surface area contributed by atoms with E-state index in [1.54, 1.807) is 6.07 Å². The Morgan fingerprint density at radius 3 is 2.76 bits per heavy atom. The fraction of sp³-hybridized carbons (Fsp3) is 0.375. The predicted molar refractivity (Wildman–Crippen MR) is 80.5 cm³/mol. The van der Waals surface area contributed by atoms with Crippen LogP contribution in [-0.4, -0.2) is 29.1 Å². The molecule has 1 aromatic carbocycles. The van der Waals surface area contributed by atoms with E-state index in [1.165, 1.54) is 11.8 Å². The minimum atomic E-state index is -0.0756. The van der Waals surface area contributed by atoms with Crippen molar-refractivity contribution in [2.24, 2.45) is 0 Å². The largest absolute Gasteiger partial charge is 0.351 e. The Kier molecular flexibility index (Phi) is 4.25. The quantitative estimate of drug-likeness (QED) is 0.849. The summed E-state index contributed by atoms with van der Waals surface area (Å²) in [6.45, 7) is 1.48. The zero-order chi connectivity index (χ0) is 14.7. The van der Waals surface area contributed by atoms with Crippen LogP contribution in [0.1, 0.15) is 41.3 Å². The molecule has 1 amide bonds. The van der Waals surface area contributed by atoms with Crippen LogP contribution >= 0.6 is 11.6 Å². The number of amides is 1. The highest BCUT2D eigenvalue weighted by molar-refractivity contribution is 6.30. The molecule has 4 nitrogen and oxygen atoms in total. The number of benzene rings is 1. The van der Waals surface area contributed by atoms with Gasteiger partial charge in [0.1, 0.15) is 0 Å². The van der Waals surface area contributed by atoms with Crippen molar-refractivity contribution in [2.45, 2.75) is 25.2 Å². The molecule has 0 saturated carbocycles. The maximum Gasteiger partial charge on any atom is 0.292 e. The van der Waals surface area contributed by atoms with Crippen LogP contribution in [-0.2, 0) is 0 Å². The van der Waals surface area contributed by atoms with Gasteiger partial charge in [0.15, 0.2) is 0 Å². The molecule has 5 heteroatoms. The lowest BCUT2D eigenvalue weighted by atomic mass is 9.94. The number of rotatable bonds is 2. The van der Waals surface area contributed by atoms with E-state index in [4.69, 9.17) is 16.1 Å². The first-order valence-corrected chi connectivity index (χ1v) is 7.57. The third kappa shape index (κ3) is 3.27. The highest BCUT2D eigenvalue weighted by atomic mass is 35.5. The third-order valence-corrected chi connectivity index (χ3v) is 4.20. The molecule has 2 aromatic rings. The van der Waals surface area contributed by atoms with E-state index >= 15 is 0 Å². The van der Waals surface area contributed by atoms with Gasteiger partial charge in [-0.05, 0) is 30.5 Å². The molecular weight excluding hydrogens is 288 g/mol.